The molecule has 5 heteroatoms. The van der Waals surface area contributed by atoms with Crippen molar-refractivity contribution in [2.45, 2.75) is 13.3 Å². The molecule has 0 atom stereocenters. The van der Waals surface area contributed by atoms with Gasteiger partial charge >= 0.3 is 0 Å². The normalized spacial score (nSPS) is 15.5. The number of anilines is 1. The fraction of sp³-hybridized carbons (Fsp3) is 0.333. The van der Waals surface area contributed by atoms with E-state index in [1.807, 2.05) is 0 Å². The summed E-state index contributed by atoms with van der Waals surface area (Å²) in [6.07, 6.45) is -0.146. The van der Waals surface area contributed by atoms with E-state index in [1.165, 1.54) is 12.1 Å². The Balaban J connectivity index is 2.27. The summed E-state index contributed by atoms with van der Waals surface area (Å²) < 4.78 is 18.9. The smallest absolute Gasteiger partial charge is 0.235 e. The SMILES string of the molecule is CCOc1ccc(N2CC(=O)CC2=O)c(F)c1. The maximum atomic E-state index is 13.7. The molecule has 2 rings (SSSR count). The second-order valence-corrected chi connectivity index (χ2v) is 3.74. The van der Waals surface area contributed by atoms with Gasteiger partial charge in [-0.1, -0.05) is 0 Å². The third kappa shape index (κ3) is 2.27. The molecule has 1 amide bonds. The second kappa shape index (κ2) is 4.53. The van der Waals surface area contributed by atoms with Crippen LogP contribution in [0.5, 0.6) is 5.75 Å². The van der Waals surface area contributed by atoms with Crippen LogP contribution in [0.4, 0.5) is 10.1 Å². The molecule has 4 nitrogen and oxygen atoms in total. The lowest BCUT2D eigenvalue weighted by atomic mass is 10.2. The Labute approximate surface area is 98.0 Å². The van der Waals surface area contributed by atoms with Gasteiger partial charge in [-0.2, -0.15) is 0 Å². The van der Waals surface area contributed by atoms with Gasteiger partial charge in [0, 0.05) is 6.07 Å². The van der Waals surface area contributed by atoms with Crippen LogP contribution in [-0.4, -0.2) is 24.8 Å². The number of carbonyl (C=O) groups excluding carboxylic acids is 2. The molecule has 1 aromatic carbocycles. The Morgan fingerprint density at radius 3 is 2.71 bits per heavy atom. The Morgan fingerprint density at radius 2 is 2.18 bits per heavy atom. The van der Waals surface area contributed by atoms with Crippen molar-refractivity contribution in [2.24, 2.45) is 0 Å². The molecular weight excluding hydrogens is 225 g/mol. The van der Waals surface area contributed by atoms with Crippen LogP contribution in [0, 0.1) is 5.82 Å². The molecule has 1 saturated heterocycles. The minimum atomic E-state index is -0.556. The summed E-state index contributed by atoms with van der Waals surface area (Å²) in [7, 11) is 0. The van der Waals surface area contributed by atoms with E-state index in [-0.39, 0.29) is 30.3 Å². The highest BCUT2D eigenvalue weighted by Gasteiger charge is 2.30. The molecule has 0 spiro atoms. The fourth-order valence-electron chi connectivity index (χ4n) is 1.77. The van der Waals surface area contributed by atoms with Gasteiger partial charge in [-0.3, -0.25) is 9.59 Å². The molecule has 0 bridgehead atoms. The Kier molecular flexibility index (Phi) is 3.08. The number of halogens is 1. The van der Waals surface area contributed by atoms with Gasteiger partial charge in [0.2, 0.25) is 5.91 Å². The number of amides is 1. The van der Waals surface area contributed by atoms with Crippen LogP contribution >= 0.6 is 0 Å². The van der Waals surface area contributed by atoms with E-state index in [0.29, 0.717) is 12.4 Å². The van der Waals surface area contributed by atoms with Gasteiger partial charge in [-0.15, -0.1) is 0 Å². The molecule has 1 aliphatic rings. The van der Waals surface area contributed by atoms with Crippen molar-refractivity contribution < 1.29 is 18.7 Å². The largest absolute Gasteiger partial charge is 0.494 e. The average Bonchev–Trinajstić information content (AvgIpc) is 2.58. The fourth-order valence-corrected chi connectivity index (χ4v) is 1.77. The van der Waals surface area contributed by atoms with Crippen molar-refractivity contribution in [3.63, 3.8) is 0 Å². The lowest BCUT2D eigenvalue weighted by Crippen LogP contribution is -2.25. The molecule has 1 heterocycles. The molecule has 1 aliphatic heterocycles. The highest BCUT2D eigenvalue weighted by Crippen LogP contribution is 2.26. The summed E-state index contributed by atoms with van der Waals surface area (Å²) in [5.74, 6) is -0.702. The van der Waals surface area contributed by atoms with Crippen LogP contribution in [0.1, 0.15) is 13.3 Å². The predicted molar refractivity (Wildman–Crippen MR) is 59.5 cm³/mol. The van der Waals surface area contributed by atoms with Gasteiger partial charge in [-0.25, -0.2) is 4.39 Å². The quantitative estimate of drug-likeness (QED) is 0.749. The van der Waals surface area contributed by atoms with Gasteiger partial charge in [-0.05, 0) is 19.1 Å². The monoisotopic (exact) mass is 237 g/mol. The van der Waals surface area contributed by atoms with Crippen LogP contribution < -0.4 is 9.64 Å². The predicted octanol–water partition coefficient (Wildman–Crippen LogP) is 1.53. The third-order valence-electron chi connectivity index (χ3n) is 2.50. The van der Waals surface area contributed by atoms with Gasteiger partial charge in [0.25, 0.3) is 0 Å². The maximum absolute atomic E-state index is 13.7. The molecule has 17 heavy (non-hydrogen) atoms. The first-order chi connectivity index (χ1) is 8.11. The van der Waals surface area contributed by atoms with Gasteiger partial charge in [0.15, 0.2) is 11.6 Å². The molecule has 0 unspecified atom stereocenters. The number of Topliss-reactive ketones (excluding diaryl/α,β-unsaturated/α-hetero) is 1. The van der Waals surface area contributed by atoms with Crippen molar-refractivity contribution in [1.29, 1.82) is 0 Å². The van der Waals surface area contributed by atoms with Crippen LogP contribution in [-0.2, 0) is 9.59 Å². The summed E-state index contributed by atoms with van der Waals surface area (Å²) >= 11 is 0. The molecule has 1 fully saturated rings. The summed E-state index contributed by atoms with van der Waals surface area (Å²) in [6.45, 7) is 2.19. The Morgan fingerprint density at radius 1 is 1.41 bits per heavy atom. The summed E-state index contributed by atoms with van der Waals surface area (Å²) in [5.41, 5.74) is 0.129. The topological polar surface area (TPSA) is 46.6 Å². The zero-order valence-electron chi connectivity index (χ0n) is 9.40. The highest BCUT2D eigenvalue weighted by molar-refractivity contribution is 6.15. The highest BCUT2D eigenvalue weighted by atomic mass is 19.1. The number of benzene rings is 1. The second-order valence-electron chi connectivity index (χ2n) is 3.74. The number of hydrogen-bond donors (Lipinski definition) is 0. The minimum absolute atomic E-state index is 0.0519. The zero-order chi connectivity index (χ0) is 12.4. The Hall–Kier alpha value is -1.91. The standard InChI is InChI=1S/C12H12FNO3/c1-2-17-9-3-4-11(10(13)6-9)14-7-8(15)5-12(14)16/h3-4,6H,2,5,7H2,1H3. The lowest BCUT2D eigenvalue weighted by Gasteiger charge is -2.16. The number of ketones is 1. The average molecular weight is 237 g/mol. The van der Waals surface area contributed by atoms with E-state index in [1.54, 1.807) is 13.0 Å². The van der Waals surface area contributed by atoms with Crippen LogP contribution in [0.15, 0.2) is 18.2 Å². The van der Waals surface area contributed by atoms with Gasteiger partial charge in [0.05, 0.1) is 25.3 Å². The third-order valence-corrected chi connectivity index (χ3v) is 2.50. The van der Waals surface area contributed by atoms with Crippen molar-refractivity contribution in [3.8, 4) is 5.75 Å². The molecule has 0 saturated carbocycles. The zero-order valence-corrected chi connectivity index (χ0v) is 9.40. The van der Waals surface area contributed by atoms with Crippen molar-refractivity contribution in [2.75, 3.05) is 18.1 Å². The van der Waals surface area contributed by atoms with E-state index < -0.39 is 5.82 Å². The maximum Gasteiger partial charge on any atom is 0.235 e. The molecule has 0 radical (unpaired) electrons. The van der Waals surface area contributed by atoms with E-state index in [2.05, 4.69) is 0 Å². The Bertz CT molecular complexity index is 473. The minimum Gasteiger partial charge on any atom is -0.494 e. The van der Waals surface area contributed by atoms with E-state index in [0.717, 1.165) is 4.90 Å². The number of carbonyl (C=O) groups is 2. The molecule has 0 aliphatic carbocycles. The van der Waals surface area contributed by atoms with E-state index >= 15 is 0 Å². The number of rotatable bonds is 3. The van der Waals surface area contributed by atoms with E-state index in [9.17, 15) is 14.0 Å². The number of ether oxygens (including phenoxy) is 1. The van der Waals surface area contributed by atoms with Crippen molar-refractivity contribution in [3.05, 3.63) is 24.0 Å². The van der Waals surface area contributed by atoms with Crippen molar-refractivity contribution in [1.82, 2.24) is 0 Å². The van der Waals surface area contributed by atoms with Gasteiger partial charge in [0.1, 0.15) is 5.75 Å². The number of hydrogen-bond acceptors (Lipinski definition) is 3. The molecule has 1 aromatic rings. The summed E-state index contributed by atoms with van der Waals surface area (Å²) in [5, 5.41) is 0. The lowest BCUT2D eigenvalue weighted by molar-refractivity contribution is -0.121. The first kappa shape index (κ1) is 11.6. The van der Waals surface area contributed by atoms with Crippen LogP contribution in [0.2, 0.25) is 0 Å². The van der Waals surface area contributed by atoms with Crippen molar-refractivity contribution >= 4 is 17.4 Å². The van der Waals surface area contributed by atoms with Crippen LogP contribution in [0.3, 0.4) is 0 Å². The summed E-state index contributed by atoms with van der Waals surface area (Å²) in [6, 6.07) is 4.25. The van der Waals surface area contributed by atoms with Gasteiger partial charge < -0.3 is 9.64 Å². The first-order valence-corrected chi connectivity index (χ1v) is 5.36. The molecule has 0 N–H and O–H groups in total. The molecule has 0 aromatic heterocycles. The van der Waals surface area contributed by atoms with Crippen LogP contribution in [0.25, 0.3) is 0 Å². The van der Waals surface area contributed by atoms with E-state index in [4.69, 9.17) is 4.74 Å². The first-order valence-electron chi connectivity index (χ1n) is 5.36. The molecule has 90 valence electrons. The summed E-state index contributed by atoms with van der Waals surface area (Å²) in [4.78, 5) is 23.7. The number of nitrogens with zero attached hydrogens (tertiary/aromatic N) is 1. The molecular formula is C12H12FNO3.